The maximum atomic E-state index is 13.3. The van der Waals surface area contributed by atoms with Crippen LogP contribution in [-0.4, -0.2) is 39.9 Å². The van der Waals surface area contributed by atoms with Crippen molar-refractivity contribution in [2.45, 2.75) is 101 Å². The molecule has 3 aliphatic rings. The molecule has 190 valence electrons. The van der Waals surface area contributed by atoms with Crippen LogP contribution < -0.4 is 5.32 Å². The highest BCUT2D eigenvalue weighted by atomic mass is 35.5. The Labute approximate surface area is 210 Å². The predicted octanol–water partition coefficient (Wildman–Crippen LogP) is 6.57. The van der Waals surface area contributed by atoms with Crippen LogP contribution in [0.3, 0.4) is 0 Å². The van der Waals surface area contributed by atoms with E-state index in [2.05, 4.69) is 10.2 Å². The lowest BCUT2D eigenvalue weighted by atomic mass is 9.93. The van der Waals surface area contributed by atoms with Gasteiger partial charge in [0.1, 0.15) is 0 Å². The summed E-state index contributed by atoms with van der Waals surface area (Å²) in [6.45, 7) is -0.110. The number of hydrogen-bond acceptors (Lipinski definition) is 3. The fourth-order valence-corrected chi connectivity index (χ4v) is 6.64. The van der Waals surface area contributed by atoms with Crippen LogP contribution >= 0.6 is 24.2 Å². The smallest absolute Gasteiger partial charge is 0.352 e. The monoisotopic (exact) mass is 517 g/mol. The SMILES string of the molecule is Cl.O=C(CC1CS/C(=N\C2CCCCC2)N1C1CCCCC1)NCc1ccccc1C(F)(F)F. The third kappa shape index (κ3) is 7.06. The van der Waals surface area contributed by atoms with Gasteiger partial charge in [-0.2, -0.15) is 13.2 Å². The summed E-state index contributed by atoms with van der Waals surface area (Å²) >= 11 is 1.76. The zero-order valence-electron chi connectivity index (χ0n) is 19.5. The summed E-state index contributed by atoms with van der Waals surface area (Å²) in [5, 5.41) is 3.83. The standard InChI is InChI=1S/C25H34F3N3OS.ClH/c26-25(27,28)22-14-8-7-9-18(22)16-29-23(32)15-21-17-33-24(30-19-10-3-1-4-11-19)31(21)20-12-5-2-6-13-20;/h7-9,14,19-21H,1-6,10-13,15-17H2,(H,29,32);1H/b30-24-;. The van der Waals surface area contributed by atoms with Crippen molar-refractivity contribution < 1.29 is 18.0 Å². The van der Waals surface area contributed by atoms with Crippen LogP contribution in [0.25, 0.3) is 0 Å². The number of nitrogens with one attached hydrogen (secondary N) is 1. The molecule has 34 heavy (non-hydrogen) atoms. The molecule has 1 unspecified atom stereocenters. The molecule has 4 nitrogen and oxygen atoms in total. The Morgan fingerprint density at radius 2 is 1.68 bits per heavy atom. The van der Waals surface area contributed by atoms with Gasteiger partial charge in [-0.3, -0.25) is 9.79 Å². The Bertz CT molecular complexity index is 839. The largest absolute Gasteiger partial charge is 0.416 e. The van der Waals surface area contributed by atoms with Gasteiger partial charge >= 0.3 is 6.18 Å². The molecule has 2 aliphatic carbocycles. The van der Waals surface area contributed by atoms with Gasteiger partial charge in [-0.1, -0.05) is 68.5 Å². The van der Waals surface area contributed by atoms with E-state index in [-0.39, 0.29) is 36.5 Å². The fraction of sp³-hybridized carbons (Fsp3) is 0.680. The number of alkyl halides is 3. The second kappa shape index (κ2) is 12.5. The first-order valence-corrected chi connectivity index (χ1v) is 13.3. The summed E-state index contributed by atoms with van der Waals surface area (Å²) in [5.74, 6) is 0.617. The predicted molar refractivity (Wildman–Crippen MR) is 134 cm³/mol. The summed E-state index contributed by atoms with van der Waals surface area (Å²) in [5.41, 5.74) is -0.588. The van der Waals surface area contributed by atoms with E-state index in [1.807, 2.05) is 0 Å². The highest BCUT2D eigenvalue weighted by molar-refractivity contribution is 8.14. The summed E-state index contributed by atoms with van der Waals surface area (Å²) < 4.78 is 39.8. The van der Waals surface area contributed by atoms with Gasteiger partial charge in [-0.25, -0.2) is 0 Å². The number of carbonyl (C=O) groups is 1. The zero-order valence-corrected chi connectivity index (χ0v) is 21.1. The Hall–Kier alpha value is -1.41. The lowest BCUT2D eigenvalue weighted by Gasteiger charge is -2.37. The minimum absolute atomic E-state index is 0. The molecule has 0 aromatic heterocycles. The van der Waals surface area contributed by atoms with Gasteiger partial charge in [0.05, 0.1) is 11.6 Å². The maximum absolute atomic E-state index is 13.3. The van der Waals surface area contributed by atoms with Gasteiger partial charge in [-0.05, 0) is 37.3 Å². The van der Waals surface area contributed by atoms with Crippen molar-refractivity contribution in [3.05, 3.63) is 35.4 Å². The Morgan fingerprint density at radius 1 is 1.03 bits per heavy atom. The van der Waals surface area contributed by atoms with Crippen LogP contribution in [0.5, 0.6) is 0 Å². The second-order valence-corrected chi connectivity index (χ2v) is 10.5. The first-order chi connectivity index (χ1) is 15.9. The van der Waals surface area contributed by atoms with E-state index in [1.165, 1.54) is 50.7 Å². The van der Waals surface area contributed by atoms with E-state index in [9.17, 15) is 18.0 Å². The number of amidine groups is 1. The number of benzene rings is 1. The van der Waals surface area contributed by atoms with E-state index < -0.39 is 11.7 Å². The van der Waals surface area contributed by atoms with Crippen molar-refractivity contribution in [3.63, 3.8) is 0 Å². The normalized spacial score (nSPS) is 23.7. The Morgan fingerprint density at radius 3 is 2.35 bits per heavy atom. The average Bonchev–Trinajstić information content (AvgIpc) is 3.20. The van der Waals surface area contributed by atoms with E-state index >= 15 is 0 Å². The van der Waals surface area contributed by atoms with Gasteiger partial charge < -0.3 is 10.2 Å². The molecule has 0 spiro atoms. The Kier molecular flexibility index (Phi) is 10.0. The average molecular weight is 518 g/mol. The van der Waals surface area contributed by atoms with Crippen molar-refractivity contribution in [2.24, 2.45) is 4.99 Å². The van der Waals surface area contributed by atoms with E-state index in [0.29, 0.717) is 18.5 Å². The molecule has 9 heteroatoms. The number of halogens is 4. The van der Waals surface area contributed by atoms with Crippen molar-refractivity contribution in [2.75, 3.05) is 5.75 Å². The molecule has 4 rings (SSSR count). The number of amides is 1. The molecule has 1 aromatic carbocycles. The number of thioether (sulfide) groups is 1. The molecule has 1 aliphatic heterocycles. The molecule has 3 fully saturated rings. The van der Waals surface area contributed by atoms with Gasteiger partial charge in [0.15, 0.2) is 5.17 Å². The molecule has 1 saturated heterocycles. The molecule has 1 N–H and O–H groups in total. The highest BCUT2D eigenvalue weighted by Gasteiger charge is 2.38. The molecule has 2 saturated carbocycles. The minimum Gasteiger partial charge on any atom is -0.352 e. The van der Waals surface area contributed by atoms with Crippen molar-refractivity contribution >= 4 is 35.2 Å². The van der Waals surface area contributed by atoms with Crippen LogP contribution in [-0.2, 0) is 17.5 Å². The Balaban J connectivity index is 0.00000324. The lowest BCUT2D eigenvalue weighted by Crippen LogP contribution is -2.45. The zero-order chi connectivity index (χ0) is 23.3. The quantitative estimate of drug-likeness (QED) is 0.464. The molecular formula is C25H35ClF3N3OS. The van der Waals surface area contributed by atoms with Crippen LogP contribution in [0.15, 0.2) is 29.3 Å². The molecule has 1 aromatic rings. The van der Waals surface area contributed by atoms with Gasteiger partial charge in [0, 0.05) is 30.8 Å². The van der Waals surface area contributed by atoms with Gasteiger partial charge in [0.25, 0.3) is 0 Å². The number of aliphatic imine (C=N–C) groups is 1. The van der Waals surface area contributed by atoms with E-state index in [4.69, 9.17) is 4.99 Å². The molecule has 0 radical (unpaired) electrons. The van der Waals surface area contributed by atoms with Crippen molar-refractivity contribution in [1.82, 2.24) is 10.2 Å². The third-order valence-corrected chi connectivity index (χ3v) is 8.20. The highest BCUT2D eigenvalue weighted by Crippen LogP contribution is 2.36. The topological polar surface area (TPSA) is 44.7 Å². The van der Waals surface area contributed by atoms with Crippen LogP contribution in [0.4, 0.5) is 13.2 Å². The number of carbonyl (C=O) groups excluding carboxylic acids is 1. The summed E-state index contributed by atoms with van der Waals surface area (Å²) in [4.78, 5) is 20.3. The number of rotatable bonds is 6. The van der Waals surface area contributed by atoms with Crippen LogP contribution in [0.1, 0.15) is 81.8 Å². The number of hydrogen-bond donors (Lipinski definition) is 1. The summed E-state index contributed by atoms with van der Waals surface area (Å²) in [6, 6.07) is 6.30. The van der Waals surface area contributed by atoms with Crippen LogP contribution in [0.2, 0.25) is 0 Å². The first-order valence-electron chi connectivity index (χ1n) is 12.3. The molecular weight excluding hydrogens is 483 g/mol. The second-order valence-electron chi connectivity index (χ2n) is 9.50. The van der Waals surface area contributed by atoms with Crippen molar-refractivity contribution in [1.29, 1.82) is 0 Å². The van der Waals surface area contributed by atoms with E-state index in [0.717, 1.165) is 42.7 Å². The summed E-state index contributed by atoms with van der Waals surface area (Å²) in [7, 11) is 0. The first kappa shape index (κ1) is 27.2. The molecule has 1 amide bonds. The minimum atomic E-state index is -4.42. The van der Waals surface area contributed by atoms with Crippen LogP contribution in [0, 0.1) is 0 Å². The van der Waals surface area contributed by atoms with E-state index in [1.54, 1.807) is 17.8 Å². The summed E-state index contributed by atoms with van der Waals surface area (Å²) in [6.07, 6.45) is 7.85. The molecule has 1 atom stereocenters. The molecule has 1 heterocycles. The maximum Gasteiger partial charge on any atom is 0.416 e. The fourth-order valence-electron chi connectivity index (χ4n) is 5.35. The molecule has 0 bridgehead atoms. The van der Waals surface area contributed by atoms with Gasteiger partial charge in [-0.15, -0.1) is 12.4 Å². The third-order valence-electron chi connectivity index (χ3n) is 7.07. The van der Waals surface area contributed by atoms with Crippen molar-refractivity contribution in [3.8, 4) is 0 Å². The van der Waals surface area contributed by atoms with Gasteiger partial charge in [0.2, 0.25) is 5.91 Å². The lowest BCUT2D eigenvalue weighted by molar-refractivity contribution is -0.138. The number of nitrogens with zero attached hydrogens (tertiary/aromatic N) is 2.